The second-order valence-electron chi connectivity index (χ2n) is 4.78. The molecule has 2 aromatic rings. The van der Waals surface area contributed by atoms with E-state index in [4.69, 9.17) is 9.84 Å². The van der Waals surface area contributed by atoms with E-state index in [-0.39, 0.29) is 23.7 Å². The molecular weight excluding hydrogens is 298 g/mol. The summed E-state index contributed by atoms with van der Waals surface area (Å²) in [7, 11) is 0. The van der Waals surface area contributed by atoms with Crippen LogP contribution in [0.4, 0.5) is 5.69 Å². The molecule has 0 aliphatic carbocycles. The number of benzene rings is 2. The van der Waals surface area contributed by atoms with Crippen LogP contribution in [0.1, 0.15) is 27.6 Å². The first-order valence-electron chi connectivity index (χ1n) is 6.83. The van der Waals surface area contributed by atoms with Crippen molar-refractivity contribution in [3.05, 3.63) is 59.7 Å². The number of carboxylic acids is 1. The van der Waals surface area contributed by atoms with Gasteiger partial charge in [-0.05, 0) is 31.2 Å². The molecule has 0 fully saturated rings. The Morgan fingerprint density at radius 2 is 1.83 bits per heavy atom. The van der Waals surface area contributed by atoms with Crippen LogP contribution in [0, 0.1) is 0 Å². The van der Waals surface area contributed by atoms with E-state index in [2.05, 4.69) is 5.32 Å². The molecule has 6 heteroatoms. The Morgan fingerprint density at radius 1 is 1.09 bits per heavy atom. The van der Waals surface area contributed by atoms with E-state index in [0.717, 1.165) is 0 Å². The average molecular weight is 313 g/mol. The average Bonchev–Trinajstić information content (AvgIpc) is 2.53. The Hall–Kier alpha value is -3.15. The van der Waals surface area contributed by atoms with Crippen molar-refractivity contribution in [2.75, 3.05) is 11.9 Å². The third-order valence-electron chi connectivity index (χ3n) is 3.03. The van der Waals surface area contributed by atoms with Gasteiger partial charge in [0.2, 0.25) is 0 Å². The molecule has 0 spiro atoms. The molecule has 0 bridgehead atoms. The zero-order valence-electron chi connectivity index (χ0n) is 12.4. The lowest BCUT2D eigenvalue weighted by atomic mass is 10.1. The summed E-state index contributed by atoms with van der Waals surface area (Å²) in [5, 5.41) is 11.6. The third-order valence-corrected chi connectivity index (χ3v) is 3.03. The minimum Gasteiger partial charge on any atom is -0.483 e. The van der Waals surface area contributed by atoms with Gasteiger partial charge in [0.25, 0.3) is 5.91 Å². The fraction of sp³-hybridized carbons (Fsp3) is 0.118. The molecule has 0 aliphatic heterocycles. The number of nitrogens with one attached hydrogen (secondary N) is 1. The first kappa shape index (κ1) is 16.2. The first-order valence-corrected chi connectivity index (χ1v) is 6.83. The Morgan fingerprint density at radius 3 is 2.52 bits per heavy atom. The number of carbonyl (C=O) groups excluding carboxylic acids is 2. The highest BCUT2D eigenvalue weighted by atomic mass is 16.5. The standard InChI is InChI=1S/C17H15NO5/c1-11(19)12-5-4-6-13(9-12)18-16(20)10-23-15-8-3-2-7-14(15)17(21)22/h2-9H,10H2,1H3,(H,18,20)(H,21,22). The van der Waals surface area contributed by atoms with Crippen LogP contribution in [0.3, 0.4) is 0 Å². The van der Waals surface area contributed by atoms with Crippen molar-refractivity contribution < 1.29 is 24.2 Å². The number of hydrogen-bond acceptors (Lipinski definition) is 4. The molecule has 118 valence electrons. The molecule has 2 rings (SSSR count). The molecule has 0 atom stereocenters. The quantitative estimate of drug-likeness (QED) is 0.800. The molecule has 2 N–H and O–H groups in total. The van der Waals surface area contributed by atoms with Gasteiger partial charge in [0.05, 0.1) is 0 Å². The van der Waals surface area contributed by atoms with Crippen molar-refractivity contribution in [2.24, 2.45) is 0 Å². The summed E-state index contributed by atoms with van der Waals surface area (Å²) in [6.45, 7) is 1.10. The zero-order chi connectivity index (χ0) is 16.8. The van der Waals surface area contributed by atoms with Crippen molar-refractivity contribution >= 4 is 23.3 Å². The van der Waals surface area contributed by atoms with Crippen LogP contribution in [0.5, 0.6) is 5.75 Å². The van der Waals surface area contributed by atoms with Crippen molar-refractivity contribution in [2.45, 2.75) is 6.92 Å². The predicted octanol–water partition coefficient (Wildman–Crippen LogP) is 2.60. The number of carboxylic acid groups (broad SMARTS) is 1. The number of Topliss-reactive ketones (excluding diaryl/α,β-unsaturated/α-hetero) is 1. The van der Waals surface area contributed by atoms with Gasteiger partial charge in [-0.15, -0.1) is 0 Å². The van der Waals surface area contributed by atoms with E-state index in [0.29, 0.717) is 11.3 Å². The van der Waals surface area contributed by atoms with Gasteiger partial charge in [-0.3, -0.25) is 9.59 Å². The summed E-state index contributed by atoms with van der Waals surface area (Å²) in [5.41, 5.74) is 0.941. The molecule has 23 heavy (non-hydrogen) atoms. The molecule has 0 aliphatic rings. The molecule has 0 aromatic heterocycles. The van der Waals surface area contributed by atoms with Gasteiger partial charge in [0, 0.05) is 11.3 Å². The SMILES string of the molecule is CC(=O)c1cccc(NC(=O)COc2ccccc2C(=O)O)c1. The summed E-state index contributed by atoms with van der Waals surface area (Å²) in [4.78, 5) is 34.2. The highest BCUT2D eigenvalue weighted by Crippen LogP contribution is 2.18. The Bertz CT molecular complexity index is 754. The molecule has 0 saturated heterocycles. The van der Waals surface area contributed by atoms with Gasteiger partial charge in [-0.2, -0.15) is 0 Å². The van der Waals surface area contributed by atoms with Crippen molar-refractivity contribution in [1.82, 2.24) is 0 Å². The van der Waals surface area contributed by atoms with Crippen LogP contribution in [0.2, 0.25) is 0 Å². The van der Waals surface area contributed by atoms with Crippen LogP contribution in [0.25, 0.3) is 0 Å². The first-order chi connectivity index (χ1) is 11.0. The highest BCUT2D eigenvalue weighted by molar-refractivity contribution is 5.97. The van der Waals surface area contributed by atoms with Crippen LogP contribution in [-0.2, 0) is 4.79 Å². The summed E-state index contributed by atoms with van der Waals surface area (Å²) in [5.74, 6) is -1.57. The van der Waals surface area contributed by atoms with Gasteiger partial charge in [0.15, 0.2) is 12.4 Å². The minimum absolute atomic E-state index is 0.0149. The summed E-state index contributed by atoms with van der Waals surface area (Å²) < 4.78 is 5.25. The number of para-hydroxylation sites is 1. The lowest BCUT2D eigenvalue weighted by Crippen LogP contribution is -2.21. The molecular formula is C17H15NO5. The van der Waals surface area contributed by atoms with Crippen LogP contribution in [0.15, 0.2) is 48.5 Å². The van der Waals surface area contributed by atoms with Gasteiger partial charge in [-0.25, -0.2) is 4.79 Å². The Balaban J connectivity index is 2.00. The van der Waals surface area contributed by atoms with E-state index >= 15 is 0 Å². The number of amides is 1. The van der Waals surface area contributed by atoms with Crippen LogP contribution in [-0.4, -0.2) is 29.4 Å². The number of anilines is 1. The van der Waals surface area contributed by atoms with Crippen LogP contribution >= 0.6 is 0 Å². The summed E-state index contributed by atoms with van der Waals surface area (Å²) in [6, 6.07) is 12.6. The maximum Gasteiger partial charge on any atom is 0.339 e. The second-order valence-corrected chi connectivity index (χ2v) is 4.78. The topological polar surface area (TPSA) is 92.7 Å². The van der Waals surface area contributed by atoms with Crippen LogP contribution < -0.4 is 10.1 Å². The predicted molar refractivity (Wildman–Crippen MR) is 84.0 cm³/mol. The normalized spacial score (nSPS) is 9.96. The summed E-state index contributed by atoms with van der Waals surface area (Å²) in [6.07, 6.45) is 0. The molecule has 1 amide bonds. The molecule has 6 nitrogen and oxygen atoms in total. The molecule has 2 aromatic carbocycles. The molecule has 0 saturated carbocycles. The number of ketones is 1. The van der Waals surface area contributed by atoms with Gasteiger partial charge >= 0.3 is 5.97 Å². The lowest BCUT2D eigenvalue weighted by molar-refractivity contribution is -0.118. The van der Waals surface area contributed by atoms with Gasteiger partial charge in [0.1, 0.15) is 11.3 Å². The monoisotopic (exact) mass is 313 g/mol. The fourth-order valence-electron chi connectivity index (χ4n) is 1.93. The zero-order valence-corrected chi connectivity index (χ0v) is 12.4. The lowest BCUT2D eigenvalue weighted by Gasteiger charge is -2.10. The Labute approximate surface area is 132 Å². The second kappa shape index (κ2) is 7.22. The number of rotatable bonds is 6. The molecule has 0 heterocycles. The van der Waals surface area contributed by atoms with Gasteiger partial charge in [-0.1, -0.05) is 24.3 Å². The van der Waals surface area contributed by atoms with Crippen molar-refractivity contribution in [1.29, 1.82) is 0 Å². The third kappa shape index (κ3) is 4.41. The largest absolute Gasteiger partial charge is 0.483 e. The Kier molecular flexibility index (Phi) is 5.09. The maximum absolute atomic E-state index is 11.9. The van der Waals surface area contributed by atoms with E-state index in [1.54, 1.807) is 36.4 Å². The van der Waals surface area contributed by atoms with Crippen molar-refractivity contribution in [3.8, 4) is 5.75 Å². The highest BCUT2D eigenvalue weighted by Gasteiger charge is 2.12. The van der Waals surface area contributed by atoms with E-state index in [9.17, 15) is 14.4 Å². The van der Waals surface area contributed by atoms with Gasteiger partial charge < -0.3 is 15.2 Å². The molecule has 0 unspecified atom stereocenters. The summed E-state index contributed by atoms with van der Waals surface area (Å²) >= 11 is 0. The number of aromatic carboxylic acids is 1. The van der Waals surface area contributed by atoms with Crippen molar-refractivity contribution in [3.63, 3.8) is 0 Å². The number of ether oxygens (including phenoxy) is 1. The smallest absolute Gasteiger partial charge is 0.339 e. The number of carbonyl (C=O) groups is 3. The minimum atomic E-state index is -1.13. The maximum atomic E-state index is 11.9. The number of hydrogen-bond donors (Lipinski definition) is 2. The van der Waals surface area contributed by atoms with E-state index < -0.39 is 11.9 Å². The van der Waals surface area contributed by atoms with E-state index in [1.165, 1.54) is 19.1 Å². The fourth-order valence-corrected chi connectivity index (χ4v) is 1.93. The molecule has 0 radical (unpaired) electrons. The van der Waals surface area contributed by atoms with E-state index in [1.807, 2.05) is 0 Å².